The Bertz CT molecular complexity index is 449. The van der Waals surface area contributed by atoms with Crippen molar-refractivity contribution in [2.24, 2.45) is 11.8 Å². The molecule has 0 amide bonds. The van der Waals surface area contributed by atoms with Crippen LogP contribution in [0.4, 0.5) is 4.39 Å². The summed E-state index contributed by atoms with van der Waals surface area (Å²) in [5.41, 5.74) is 0.641. The molecule has 1 aromatic rings. The molecule has 4 atom stereocenters. The molecule has 2 nitrogen and oxygen atoms in total. The van der Waals surface area contributed by atoms with Gasteiger partial charge in [-0.2, -0.15) is 0 Å². The van der Waals surface area contributed by atoms with Gasteiger partial charge in [-0.05, 0) is 43.7 Å². The fourth-order valence-electron chi connectivity index (χ4n) is 3.58. The fraction of sp³-hybridized carbons (Fsp3) is 0.647. The van der Waals surface area contributed by atoms with Gasteiger partial charge in [-0.3, -0.25) is 0 Å². The lowest BCUT2D eigenvalue weighted by Gasteiger charge is -2.26. The molecule has 1 saturated carbocycles. The van der Waals surface area contributed by atoms with Gasteiger partial charge in [0.1, 0.15) is 11.6 Å². The maximum atomic E-state index is 14.1. The SMILES string of the molecule is CCC1CCC(NC(C)c2c(F)cccc2OC)C1C. The van der Waals surface area contributed by atoms with Crippen LogP contribution in [0.1, 0.15) is 51.6 Å². The summed E-state index contributed by atoms with van der Waals surface area (Å²) in [7, 11) is 1.59. The van der Waals surface area contributed by atoms with Crippen LogP contribution >= 0.6 is 0 Å². The van der Waals surface area contributed by atoms with Crippen molar-refractivity contribution in [2.75, 3.05) is 7.11 Å². The first-order valence-electron chi connectivity index (χ1n) is 7.66. The van der Waals surface area contributed by atoms with E-state index in [9.17, 15) is 4.39 Å². The largest absolute Gasteiger partial charge is 0.496 e. The summed E-state index contributed by atoms with van der Waals surface area (Å²) < 4.78 is 19.4. The Morgan fingerprint density at radius 2 is 2.15 bits per heavy atom. The van der Waals surface area contributed by atoms with Gasteiger partial charge in [0.2, 0.25) is 0 Å². The van der Waals surface area contributed by atoms with Gasteiger partial charge in [0.15, 0.2) is 0 Å². The van der Waals surface area contributed by atoms with E-state index in [1.54, 1.807) is 13.2 Å². The standard InChI is InChI=1S/C17H26FNO/c1-5-13-9-10-15(11(13)2)19-12(3)17-14(18)7-6-8-16(17)20-4/h6-8,11-13,15,19H,5,9-10H2,1-4H3. The van der Waals surface area contributed by atoms with Crippen LogP contribution < -0.4 is 10.1 Å². The molecule has 1 N–H and O–H groups in total. The van der Waals surface area contributed by atoms with Crippen molar-refractivity contribution < 1.29 is 9.13 Å². The van der Waals surface area contributed by atoms with Crippen molar-refractivity contribution in [3.63, 3.8) is 0 Å². The minimum Gasteiger partial charge on any atom is -0.496 e. The predicted octanol–water partition coefficient (Wildman–Crippen LogP) is 4.31. The zero-order valence-electron chi connectivity index (χ0n) is 12.9. The lowest BCUT2D eigenvalue weighted by Crippen LogP contribution is -2.35. The van der Waals surface area contributed by atoms with Crippen LogP contribution in [0, 0.1) is 17.7 Å². The predicted molar refractivity (Wildman–Crippen MR) is 80.5 cm³/mol. The number of methoxy groups -OCH3 is 1. The molecule has 1 aliphatic rings. The fourth-order valence-corrected chi connectivity index (χ4v) is 3.58. The first kappa shape index (κ1) is 15.3. The maximum absolute atomic E-state index is 14.1. The second kappa shape index (κ2) is 6.57. The highest BCUT2D eigenvalue weighted by atomic mass is 19.1. The number of nitrogens with one attached hydrogen (secondary N) is 1. The van der Waals surface area contributed by atoms with Gasteiger partial charge in [-0.15, -0.1) is 0 Å². The monoisotopic (exact) mass is 279 g/mol. The van der Waals surface area contributed by atoms with Crippen LogP contribution in [0.2, 0.25) is 0 Å². The average Bonchev–Trinajstić information content (AvgIpc) is 2.79. The summed E-state index contributed by atoms with van der Waals surface area (Å²) in [6.07, 6.45) is 3.69. The van der Waals surface area contributed by atoms with Gasteiger partial charge in [-0.25, -0.2) is 4.39 Å². The Balaban J connectivity index is 2.11. The molecule has 0 saturated heterocycles. The highest BCUT2D eigenvalue weighted by Crippen LogP contribution is 2.36. The molecule has 1 fully saturated rings. The molecular formula is C17H26FNO. The van der Waals surface area contributed by atoms with Gasteiger partial charge in [0, 0.05) is 17.6 Å². The summed E-state index contributed by atoms with van der Waals surface area (Å²) >= 11 is 0. The molecule has 0 aromatic heterocycles. The summed E-state index contributed by atoms with van der Waals surface area (Å²) in [4.78, 5) is 0. The van der Waals surface area contributed by atoms with Crippen LogP contribution in [-0.4, -0.2) is 13.2 Å². The van der Waals surface area contributed by atoms with E-state index in [0.29, 0.717) is 23.3 Å². The second-order valence-corrected chi connectivity index (χ2v) is 5.96. The number of halogens is 1. The van der Waals surface area contributed by atoms with Crippen LogP contribution in [-0.2, 0) is 0 Å². The Kier molecular flexibility index (Phi) is 5.03. The molecule has 0 bridgehead atoms. The van der Waals surface area contributed by atoms with Crippen molar-refractivity contribution in [1.82, 2.24) is 5.32 Å². The second-order valence-electron chi connectivity index (χ2n) is 5.96. The van der Waals surface area contributed by atoms with Crippen LogP contribution in [0.25, 0.3) is 0 Å². The van der Waals surface area contributed by atoms with Crippen molar-refractivity contribution in [3.05, 3.63) is 29.6 Å². The molecule has 3 heteroatoms. The van der Waals surface area contributed by atoms with Gasteiger partial charge in [0.25, 0.3) is 0 Å². The van der Waals surface area contributed by atoms with Crippen LogP contribution in [0.15, 0.2) is 18.2 Å². The summed E-state index contributed by atoms with van der Waals surface area (Å²) in [5, 5.41) is 3.60. The third kappa shape index (κ3) is 2.98. The topological polar surface area (TPSA) is 21.3 Å². The molecule has 1 aromatic carbocycles. The Morgan fingerprint density at radius 1 is 1.40 bits per heavy atom. The first-order valence-corrected chi connectivity index (χ1v) is 7.66. The Labute approximate surface area is 121 Å². The summed E-state index contributed by atoms with van der Waals surface area (Å²) in [6, 6.07) is 5.45. The Hall–Kier alpha value is -1.09. The van der Waals surface area contributed by atoms with Crippen molar-refractivity contribution >= 4 is 0 Å². The van der Waals surface area contributed by atoms with Gasteiger partial charge in [-0.1, -0.05) is 26.3 Å². The van der Waals surface area contributed by atoms with Crippen molar-refractivity contribution in [2.45, 2.75) is 52.1 Å². The highest BCUT2D eigenvalue weighted by Gasteiger charge is 2.32. The summed E-state index contributed by atoms with van der Waals surface area (Å²) in [6.45, 7) is 6.59. The quantitative estimate of drug-likeness (QED) is 0.867. The molecule has 112 valence electrons. The lowest BCUT2D eigenvalue weighted by atomic mass is 9.93. The van der Waals surface area contributed by atoms with E-state index in [-0.39, 0.29) is 11.9 Å². The van der Waals surface area contributed by atoms with E-state index in [1.165, 1.54) is 25.3 Å². The number of rotatable bonds is 5. The molecule has 0 spiro atoms. The van der Waals surface area contributed by atoms with Crippen LogP contribution in [0.5, 0.6) is 5.75 Å². The normalized spacial score (nSPS) is 27.6. The molecule has 0 radical (unpaired) electrons. The van der Waals surface area contributed by atoms with E-state index >= 15 is 0 Å². The van der Waals surface area contributed by atoms with Gasteiger partial charge >= 0.3 is 0 Å². The van der Waals surface area contributed by atoms with E-state index in [4.69, 9.17) is 4.74 Å². The average molecular weight is 279 g/mol. The summed E-state index contributed by atoms with van der Waals surface area (Å²) in [5.74, 6) is 1.88. The smallest absolute Gasteiger partial charge is 0.131 e. The molecule has 4 unspecified atom stereocenters. The molecule has 0 aliphatic heterocycles. The molecule has 1 aliphatic carbocycles. The lowest BCUT2D eigenvalue weighted by molar-refractivity contribution is 0.319. The van der Waals surface area contributed by atoms with Gasteiger partial charge in [0.05, 0.1) is 7.11 Å². The molecule has 20 heavy (non-hydrogen) atoms. The number of ether oxygens (including phenoxy) is 1. The van der Waals surface area contributed by atoms with E-state index < -0.39 is 0 Å². The third-order valence-electron chi connectivity index (χ3n) is 4.88. The van der Waals surface area contributed by atoms with Crippen molar-refractivity contribution in [3.8, 4) is 5.75 Å². The zero-order valence-corrected chi connectivity index (χ0v) is 12.9. The van der Waals surface area contributed by atoms with E-state index in [2.05, 4.69) is 19.2 Å². The van der Waals surface area contributed by atoms with Crippen molar-refractivity contribution in [1.29, 1.82) is 0 Å². The molecule has 2 rings (SSSR count). The maximum Gasteiger partial charge on any atom is 0.131 e. The zero-order chi connectivity index (χ0) is 14.7. The molecular weight excluding hydrogens is 253 g/mol. The number of hydrogen-bond donors (Lipinski definition) is 1. The first-order chi connectivity index (χ1) is 9.58. The van der Waals surface area contributed by atoms with E-state index in [0.717, 1.165) is 5.92 Å². The minimum absolute atomic E-state index is 0.0331. The number of benzene rings is 1. The molecule has 0 heterocycles. The minimum atomic E-state index is -0.193. The van der Waals surface area contributed by atoms with E-state index in [1.807, 2.05) is 13.0 Å². The Morgan fingerprint density at radius 3 is 2.75 bits per heavy atom. The van der Waals surface area contributed by atoms with Gasteiger partial charge < -0.3 is 10.1 Å². The van der Waals surface area contributed by atoms with Crippen LogP contribution in [0.3, 0.4) is 0 Å². The highest BCUT2D eigenvalue weighted by molar-refractivity contribution is 5.37. The third-order valence-corrected chi connectivity index (χ3v) is 4.88. The number of hydrogen-bond acceptors (Lipinski definition) is 2.